The first kappa shape index (κ1) is 36.9. The number of aromatic nitrogens is 1. The van der Waals surface area contributed by atoms with Crippen LogP contribution in [-0.2, 0) is 36.1 Å². The molecule has 0 bridgehead atoms. The molecule has 10 nitrogen and oxygen atoms in total. The van der Waals surface area contributed by atoms with E-state index >= 15 is 0 Å². The second-order valence-electron chi connectivity index (χ2n) is 16.0. The molecular formula is C43H53N5O5. The Labute approximate surface area is 313 Å². The minimum Gasteiger partial charge on any atom is -0.496 e. The Hall–Kier alpha value is -4.43. The predicted octanol–water partition coefficient (Wildman–Crippen LogP) is 5.86. The van der Waals surface area contributed by atoms with Gasteiger partial charge in [0, 0.05) is 81.2 Å². The number of nitriles is 1. The zero-order valence-electron chi connectivity index (χ0n) is 32.4. The van der Waals surface area contributed by atoms with Crippen LogP contribution in [0.4, 0.5) is 0 Å². The zero-order valence-corrected chi connectivity index (χ0v) is 32.4. The lowest BCUT2D eigenvalue weighted by atomic mass is 9.86. The van der Waals surface area contributed by atoms with Gasteiger partial charge in [0.25, 0.3) is 11.5 Å². The molecule has 10 heteroatoms. The quantitative estimate of drug-likeness (QED) is 0.201. The molecule has 1 saturated carbocycles. The molecule has 3 aromatic rings. The number of carbonyl (C=O) groups excluding carboxylic acids is 1. The maximum absolute atomic E-state index is 13.7. The smallest absolute Gasteiger partial charge is 0.264 e. The molecule has 53 heavy (non-hydrogen) atoms. The standard InChI is InChI=1S/C43H53N5O5/c1-28-29(2)40(49)45(5)24-36(28)32-19-38(51-6)37(39(20-32)52-7)25-46-16-17-47(43(26-46)12-13-43)23-31-9-8-10-34-30(3)48(15-11-35(31)34)41(50)33(22-44)21-42(4)14-18-53-27-42/h8-10,19-21,24,30H,11-18,23,25-27H2,1-7H3/b33-21+. The maximum Gasteiger partial charge on any atom is 0.264 e. The predicted molar refractivity (Wildman–Crippen MR) is 205 cm³/mol. The van der Waals surface area contributed by atoms with Crippen LogP contribution in [0.15, 0.2) is 53.0 Å². The molecule has 1 spiro atoms. The number of hydrogen-bond donors (Lipinski definition) is 0. The molecule has 1 amide bonds. The SMILES string of the molecule is COc1cc(-c2cn(C)c(=O)c(C)c2C)cc(OC)c1CN1CCN(Cc2cccc3c2CCN(C(=O)/C(C#N)=C/C2(C)CCOC2)C3C)C2(CC2)C1. The molecule has 1 aromatic heterocycles. The largest absolute Gasteiger partial charge is 0.496 e. The van der Waals surface area contributed by atoms with E-state index < -0.39 is 0 Å². The van der Waals surface area contributed by atoms with Crippen molar-refractivity contribution in [3.8, 4) is 28.7 Å². The summed E-state index contributed by atoms with van der Waals surface area (Å²) in [6, 6.07) is 12.8. The number of rotatable bonds is 9. The summed E-state index contributed by atoms with van der Waals surface area (Å²) in [5.41, 5.74) is 8.66. The molecule has 280 valence electrons. The van der Waals surface area contributed by atoms with Crippen molar-refractivity contribution in [3.63, 3.8) is 0 Å². The summed E-state index contributed by atoms with van der Waals surface area (Å²) in [7, 11) is 5.21. The zero-order chi connectivity index (χ0) is 37.7. The van der Waals surface area contributed by atoms with Gasteiger partial charge in [-0.2, -0.15) is 5.26 Å². The van der Waals surface area contributed by atoms with Gasteiger partial charge in [0.15, 0.2) is 0 Å². The van der Waals surface area contributed by atoms with E-state index in [-0.39, 0.29) is 34.0 Å². The first-order valence-electron chi connectivity index (χ1n) is 18.9. The van der Waals surface area contributed by atoms with Gasteiger partial charge in [-0.1, -0.05) is 31.2 Å². The van der Waals surface area contributed by atoms with E-state index in [4.69, 9.17) is 14.2 Å². The van der Waals surface area contributed by atoms with E-state index in [1.807, 2.05) is 31.0 Å². The molecule has 2 saturated heterocycles. The van der Waals surface area contributed by atoms with Crippen molar-refractivity contribution in [3.05, 3.63) is 91.9 Å². The highest BCUT2D eigenvalue weighted by Crippen LogP contribution is 2.47. The average molecular weight is 720 g/mol. The van der Waals surface area contributed by atoms with Crippen molar-refractivity contribution >= 4 is 5.91 Å². The van der Waals surface area contributed by atoms with E-state index in [9.17, 15) is 14.9 Å². The number of piperazine rings is 1. The third-order valence-corrected chi connectivity index (χ3v) is 12.5. The highest BCUT2D eigenvalue weighted by molar-refractivity contribution is 5.97. The molecule has 4 aliphatic rings. The highest BCUT2D eigenvalue weighted by Gasteiger charge is 2.51. The number of aryl methyl sites for hydroxylation is 1. The number of methoxy groups -OCH3 is 2. The van der Waals surface area contributed by atoms with E-state index in [2.05, 4.69) is 60.0 Å². The molecule has 2 unspecified atom stereocenters. The van der Waals surface area contributed by atoms with Crippen molar-refractivity contribution in [2.75, 3.05) is 53.6 Å². The molecule has 3 fully saturated rings. The van der Waals surface area contributed by atoms with Crippen molar-refractivity contribution in [2.45, 2.75) is 78.0 Å². The molecule has 0 N–H and O–H groups in total. The monoisotopic (exact) mass is 719 g/mol. The van der Waals surface area contributed by atoms with Gasteiger partial charge in [-0.05, 0) is 86.4 Å². The molecule has 0 radical (unpaired) electrons. The van der Waals surface area contributed by atoms with E-state index in [1.165, 1.54) is 29.5 Å². The minimum atomic E-state index is -0.277. The van der Waals surface area contributed by atoms with Gasteiger partial charge < -0.3 is 23.7 Å². The van der Waals surface area contributed by atoms with Crippen LogP contribution in [0.2, 0.25) is 0 Å². The first-order chi connectivity index (χ1) is 25.4. The van der Waals surface area contributed by atoms with Gasteiger partial charge in [0.05, 0.1) is 32.4 Å². The number of carbonyl (C=O) groups is 1. The molecule has 1 aliphatic carbocycles. The van der Waals surface area contributed by atoms with Crippen molar-refractivity contribution < 1.29 is 19.0 Å². The fourth-order valence-corrected chi connectivity index (χ4v) is 8.90. The van der Waals surface area contributed by atoms with Crippen LogP contribution in [0.5, 0.6) is 11.5 Å². The molecule has 4 heterocycles. The molecule has 2 atom stereocenters. The Morgan fingerprint density at radius 3 is 2.43 bits per heavy atom. The van der Waals surface area contributed by atoms with E-state index in [0.717, 1.165) is 84.9 Å². The van der Waals surface area contributed by atoms with Gasteiger partial charge in [0.2, 0.25) is 0 Å². The van der Waals surface area contributed by atoms with Crippen LogP contribution in [0.1, 0.15) is 72.5 Å². The van der Waals surface area contributed by atoms with Crippen LogP contribution in [0, 0.1) is 30.6 Å². The van der Waals surface area contributed by atoms with Crippen molar-refractivity contribution in [1.82, 2.24) is 19.3 Å². The lowest BCUT2D eigenvalue weighted by Crippen LogP contribution is -2.54. The summed E-state index contributed by atoms with van der Waals surface area (Å²) >= 11 is 0. The lowest BCUT2D eigenvalue weighted by molar-refractivity contribution is -0.129. The third-order valence-electron chi connectivity index (χ3n) is 12.5. The average Bonchev–Trinajstić information content (AvgIpc) is 3.79. The molecular weight excluding hydrogens is 667 g/mol. The summed E-state index contributed by atoms with van der Waals surface area (Å²) in [4.78, 5) is 33.3. The summed E-state index contributed by atoms with van der Waals surface area (Å²) < 4.78 is 19.2. The number of amides is 1. The van der Waals surface area contributed by atoms with Crippen LogP contribution < -0.4 is 15.0 Å². The van der Waals surface area contributed by atoms with E-state index in [0.29, 0.717) is 19.8 Å². The maximum atomic E-state index is 13.7. The van der Waals surface area contributed by atoms with Crippen LogP contribution in [0.3, 0.4) is 0 Å². The molecule has 3 aliphatic heterocycles. The minimum absolute atomic E-state index is 0.0126. The van der Waals surface area contributed by atoms with E-state index in [1.54, 1.807) is 25.8 Å². The van der Waals surface area contributed by atoms with Gasteiger partial charge >= 0.3 is 0 Å². The second-order valence-corrected chi connectivity index (χ2v) is 16.0. The summed E-state index contributed by atoms with van der Waals surface area (Å²) in [5.74, 6) is 1.39. The number of fused-ring (bicyclic) bond motifs is 1. The lowest BCUT2D eigenvalue weighted by Gasteiger charge is -2.43. The van der Waals surface area contributed by atoms with Gasteiger partial charge in [0.1, 0.15) is 23.1 Å². The fraction of sp³-hybridized carbons (Fsp3) is 0.512. The Balaban J connectivity index is 1.06. The topological polar surface area (TPSA) is 100 Å². The molecule has 7 rings (SSSR count). The summed E-state index contributed by atoms with van der Waals surface area (Å²) in [6.07, 6.45) is 7.67. The summed E-state index contributed by atoms with van der Waals surface area (Å²) in [5, 5.41) is 9.97. The van der Waals surface area contributed by atoms with Crippen LogP contribution >= 0.6 is 0 Å². The van der Waals surface area contributed by atoms with Crippen molar-refractivity contribution in [2.24, 2.45) is 12.5 Å². The highest BCUT2D eigenvalue weighted by atomic mass is 16.5. The Bertz CT molecular complexity index is 2030. The van der Waals surface area contributed by atoms with Crippen LogP contribution in [0.25, 0.3) is 11.1 Å². The number of nitrogens with zero attached hydrogens (tertiary/aromatic N) is 5. The van der Waals surface area contributed by atoms with Gasteiger partial charge in [-0.25, -0.2) is 0 Å². The number of ether oxygens (including phenoxy) is 3. The third kappa shape index (κ3) is 6.91. The first-order valence-corrected chi connectivity index (χ1v) is 18.9. The van der Waals surface area contributed by atoms with Gasteiger partial charge in [-0.3, -0.25) is 19.4 Å². The Kier molecular flexibility index (Phi) is 10.0. The Morgan fingerprint density at radius 1 is 1.06 bits per heavy atom. The number of benzene rings is 2. The Morgan fingerprint density at radius 2 is 1.79 bits per heavy atom. The normalized spacial score (nSPS) is 22.8. The van der Waals surface area contributed by atoms with Crippen molar-refractivity contribution in [1.29, 1.82) is 5.26 Å². The van der Waals surface area contributed by atoms with Crippen LogP contribution in [-0.4, -0.2) is 84.3 Å². The van der Waals surface area contributed by atoms with Gasteiger partial charge in [-0.15, -0.1) is 0 Å². The fourth-order valence-electron chi connectivity index (χ4n) is 8.90. The number of hydrogen-bond acceptors (Lipinski definition) is 8. The molecule has 2 aromatic carbocycles. The second kappa shape index (κ2) is 14.4. The number of pyridine rings is 1. The summed E-state index contributed by atoms with van der Waals surface area (Å²) in [6.45, 7) is 14.3.